The van der Waals surface area contributed by atoms with Crippen LogP contribution in [0.15, 0.2) is 17.0 Å². The van der Waals surface area contributed by atoms with E-state index in [4.69, 9.17) is 0 Å². The molecule has 0 spiro atoms. The van der Waals surface area contributed by atoms with Crippen molar-refractivity contribution in [3.8, 4) is 0 Å². The quantitative estimate of drug-likeness (QED) is 0.826. The first-order valence-corrected chi connectivity index (χ1v) is 7.16. The van der Waals surface area contributed by atoms with Crippen molar-refractivity contribution in [1.29, 1.82) is 0 Å². The van der Waals surface area contributed by atoms with Gasteiger partial charge in [0.15, 0.2) is 5.82 Å². The third-order valence-corrected chi connectivity index (χ3v) is 3.09. The number of hydrogen-bond acceptors (Lipinski definition) is 5. The number of halogens is 1. The van der Waals surface area contributed by atoms with Gasteiger partial charge >= 0.3 is 0 Å². The molecule has 0 saturated carbocycles. The first kappa shape index (κ1) is 13.9. The molecule has 0 aliphatic carbocycles. The minimum atomic E-state index is 0.600. The Balaban J connectivity index is 2.06. The zero-order valence-electron chi connectivity index (χ0n) is 11.1. The second-order valence-electron chi connectivity index (χ2n) is 4.13. The lowest BCUT2D eigenvalue weighted by atomic mass is 10.3. The molecule has 2 heterocycles. The van der Waals surface area contributed by atoms with Crippen LogP contribution in [0.1, 0.15) is 31.9 Å². The van der Waals surface area contributed by atoms with Gasteiger partial charge in [0.05, 0.1) is 6.54 Å². The molecule has 102 valence electrons. The Kier molecular flexibility index (Phi) is 4.84. The molecule has 0 radical (unpaired) electrons. The van der Waals surface area contributed by atoms with Gasteiger partial charge in [-0.1, -0.05) is 6.92 Å². The second-order valence-corrected chi connectivity index (χ2v) is 4.94. The lowest BCUT2D eigenvalue weighted by Crippen LogP contribution is -2.09. The summed E-state index contributed by atoms with van der Waals surface area (Å²) in [6, 6.07) is 1.87. The van der Waals surface area contributed by atoms with E-state index in [2.05, 4.69) is 55.3 Å². The number of hydrogen-bond donors (Lipinski definition) is 1. The Bertz CT molecular complexity index is 539. The van der Waals surface area contributed by atoms with E-state index in [0.29, 0.717) is 6.54 Å². The third kappa shape index (κ3) is 3.73. The minimum absolute atomic E-state index is 0.600. The van der Waals surface area contributed by atoms with Crippen molar-refractivity contribution in [3.63, 3.8) is 0 Å². The summed E-state index contributed by atoms with van der Waals surface area (Å²) in [5.74, 6) is 2.54. The van der Waals surface area contributed by atoms with Crippen molar-refractivity contribution in [2.75, 3.05) is 5.32 Å². The predicted molar refractivity (Wildman–Crippen MR) is 76.7 cm³/mol. The summed E-state index contributed by atoms with van der Waals surface area (Å²) < 4.78 is 2.79. The molecule has 6 nitrogen and oxygen atoms in total. The topological polar surface area (TPSA) is 68.5 Å². The number of aryl methyl sites for hydroxylation is 2. The zero-order valence-corrected chi connectivity index (χ0v) is 12.7. The molecule has 0 atom stereocenters. The normalized spacial score (nSPS) is 10.7. The number of nitrogens with zero attached hydrogens (tertiary/aromatic N) is 5. The van der Waals surface area contributed by atoms with E-state index in [9.17, 15) is 0 Å². The van der Waals surface area contributed by atoms with Crippen LogP contribution < -0.4 is 5.32 Å². The van der Waals surface area contributed by atoms with E-state index in [1.54, 1.807) is 6.33 Å². The summed E-state index contributed by atoms with van der Waals surface area (Å²) >= 11 is 3.41. The van der Waals surface area contributed by atoms with Gasteiger partial charge in [-0.05, 0) is 29.3 Å². The largest absolute Gasteiger partial charge is 0.363 e. The van der Waals surface area contributed by atoms with Crippen molar-refractivity contribution < 1.29 is 0 Å². The molecule has 0 saturated heterocycles. The Morgan fingerprint density at radius 1 is 1.32 bits per heavy atom. The van der Waals surface area contributed by atoms with Gasteiger partial charge in [-0.25, -0.2) is 9.97 Å². The molecule has 19 heavy (non-hydrogen) atoms. The highest BCUT2D eigenvalue weighted by Crippen LogP contribution is 2.14. The highest BCUT2D eigenvalue weighted by atomic mass is 79.9. The van der Waals surface area contributed by atoms with Crippen molar-refractivity contribution in [2.45, 2.75) is 39.8 Å². The summed E-state index contributed by atoms with van der Waals surface area (Å²) in [7, 11) is 0. The number of anilines is 1. The molecule has 1 N–H and O–H groups in total. The van der Waals surface area contributed by atoms with Crippen molar-refractivity contribution >= 4 is 21.7 Å². The van der Waals surface area contributed by atoms with E-state index in [-0.39, 0.29) is 0 Å². The molecule has 0 aliphatic heterocycles. The van der Waals surface area contributed by atoms with Gasteiger partial charge in [0, 0.05) is 19.0 Å². The molecule has 0 aliphatic rings. The molecule has 2 rings (SSSR count). The summed E-state index contributed by atoms with van der Waals surface area (Å²) in [5.41, 5.74) is 0. The van der Waals surface area contributed by atoms with Crippen LogP contribution in [-0.4, -0.2) is 24.7 Å². The van der Waals surface area contributed by atoms with Crippen LogP contribution in [-0.2, 0) is 19.5 Å². The van der Waals surface area contributed by atoms with E-state index in [1.165, 1.54) is 0 Å². The molecule has 0 aromatic carbocycles. The van der Waals surface area contributed by atoms with Crippen molar-refractivity contribution in [1.82, 2.24) is 24.7 Å². The highest BCUT2D eigenvalue weighted by molar-refractivity contribution is 9.10. The minimum Gasteiger partial charge on any atom is -0.363 e. The molecule has 2 aromatic heterocycles. The zero-order chi connectivity index (χ0) is 13.7. The summed E-state index contributed by atoms with van der Waals surface area (Å²) in [5, 5.41) is 11.2. The van der Waals surface area contributed by atoms with Crippen LogP contribution in [0.5, 0.6) is 0 Å². The van der Waals surface area contributed by atoms with Crippen LogP contribution in [0.2, 0.25) is 0 Å². The van der Waals surface area contributed by atoms with E-state index < -0.39 is 0 Å². The lowest BCUT2D eigenvalue weighted by molar-refractivity contribution is 0.706. The maximum Gasteiger partial charge on any atom is 0.152 e. The molecule has 0 bridgehead atoms. The van der Waals surface area contributed by atoms with E-state index in [1.807, 2.05) is 10.6 Å². The first-order chi connectivity index (χ1) is 9.22. The van der Waals surface area contributed by atoms with Gasteiger partial charge in [-0.2, -0.15) is 0 Å². The molecule has 7 heteroatoms. The van der Waals surface area contributed by atoms with Gasteiger partial charge < -0.3 is 9.88 Å². The standard InChI is InChI=1S/C12H17BrN6/c1-3-5-10-16-9(13)6-11(17-10)14-7-12-18-15-8-19(12)4-2/h6,8H,3-5,7H2,1-2H3,(H,14,16,17). The van der Waals surface area contributed by atoms with Crippen molar-refractivity contribution in [3.05, 3.63) is 28.6 Å². The maximum absolute atomic E-state index is 4.47. The third-order valence-electron chi connectivity index (χ3n) is 2.68. The highest BCUT2D eigenvalue weighted by Gasteiger charge is 2.05. The van der Waals surface area contributed by atoms with Gasteiger partial charge in [0.25, 0.3) is 0 Å². The summed E-state index contributed by atoms with van der Waals surface area (Å²) in [6.07, 6.45) is 3.63. The van der Waals surface area contributed by atoms with Crippen LogP contribution in [0, 0.1) is 0 Å². The Hall–Kier alpha value is -1.50. The van der Waals surface area contributed by atoms with Crippen LogP contribution in [0.3, 0.4) is 0 Å². The molecular formula is C12H17BrN6. The van der Waals surface area contributed by atoms with E-state index >= 15 is 0 Å². The van der Waals surface area contributed by atoms with Crippen LogP contribution >= 0.6 is 15.9 Å². The summed E-state index contributed by atoms with van der Waals surface area (Å²) in [4.78, 5) is 8.80. The molecule has 0 unspecified atom stereocenters. The van der Waals surface area contributed by atoms with Gasteiger partial charge in [0.1, 0.15) is 22.6 Å². The maximum atomic E-state index is 4.47. The SMILES string of the molecule is CCCc1nc(Br)cc(NCc2nncn2CC)n1. The molecular weight excluding hydrogens is 308 g/mol. The lowest BCUT2D eigenvalue weighted by Gasteiger charge is -2.08. The monoisotopic (exact) mass is 324 g/mol. The van der Waals surface area contributed by atoms with Gasteiger partial charge in [-0.3, -0.25) is 0 Å². The Labute approximate surface area is 120 Å². The second kappa shape index (κ2) is 6.60. The fraction of sp³-hybridized carbons (Fsp3) is 0.500. The number of rotatable bonds is 6. The smallest absolute Gasteiger partial charge is 0.152 e. The Morgan fingerprint density at radius 3 is 2.89 bits per heavy atom. The average molecular weight is 325 g/mol. The fourth-order valence-electron chi connectivity index (χ4n) is 1.74. The summed E-state index contributed by atoms with van der Waals surface area (Å²) in [6.45, 7) is 5.63. The van der Waals surface area contributed by atoms with Crippen LogP contribution in [0.4, 0.5) is 5.82 Å². The number of nitrogens with one attached hydrogen (secondary N) is 1. The Morgan fingerprint density at radius 2 is 2.16 bits per heavy atom. The average Bonchev–Trinajstić information content (AvgIpc) is 2.83. The van der Waals surface area contributed by atoms with Crippen LogP contribution in [0.25, 0.3) is 0 Å². The number of aromatic nitrogens is 5. The fourth-order valence-corrected chi connectivity index (χ4v) is 2.16. The van der Waals surface area contributed by atoms with Crippen molar-refractivity contribution in [2.24, 2.45) is 0 Å². The molecule has 0 fully saturated rings. The first-order valence-electron chi connectivity index (χ1n) is 6.37. The van der Waals surface area contributed by atoms with Gasteiger partial charge in [0.2, 0.25) is 0 Å². The molecule has 0 amide bonds. The molecule has 2 aromatic rings. The van der Waals surface area contributed by atoms with E-state index in [0.717, 1.165) is 41.5 Å². The van der Waals surface area contributed by atoms with Gasteiger partial charge in [-0.15, -0.1) is 10.2 Å². The predicted octanol–water partition coefficient (Wildman–Crippen LogP) is 2.42.